The summed E-state index contributed by atoms with van der Waals surface area (Å²) in [5.74, 6) is 0.105. The normalized spacial score (nSPS) is 13.6. The van der Waals surface area contributed by atoms with Crippen LogP contribution in [-0.4, -0.2) is 24.2 Å². The van der Waals surface area contributed by atoms with Crippen LogP contribution >= 0.6 is 10.2 Å². The molecule has 0 spiro atoms. The van der Waals surface area contributed by atoms with Gasteiger partial charge in [-0.1, -0.05) is 77.0 Å². The summed E-state index contributed by atoms with van der Waals surface area (Å²) < 4.78 is 80.7. The summed E-state index contributed by atoms with van der Waals surface area (Å²) in [6.07, 6.45) is 9.95. The molecule has 0 unspecified atom stereocenters. The lowest BCUT2D eigenvalue weighted by Crippen LogP contribution is -2.07. The van der Waals surface area contributed by atoms with Crippen LogP contribution in [0.1, 0.15) is 64.7 Å². The Labute approximate surface area is 223 Å². The van der Waals surface area contributed by atoms with Gasteiger partial charge in [0.1, 0.15) is 10.5 Å². The van der Waals surface area contributed by atoms with Gasteiger partial charge in [-0.15, -0.1) is 0 Å². The van der Waals surface area contributed by atoms with E-state index in [2.05, 4.69) is 4.98 Å². The van der Waals surface area contributed by atoms with Crippen LogP contribution in [0.25, 0.3) is 22.1 Å². The van der Waals surface area contributed by atoms with Gasteiger partial charge in [-0.2, -0.15) is 0 Å². The van der Waals surface area contributed by atoms with Gasteiger partial charge in [0.05, 0.1) is 18.8 Å². The maximum absolute atomic E-state index is 13.0. The molecule has 0 fully saturated rings. The molecule has 216 valence electrons. The van der Waals surface area contributed by atoms with Crippen LogP contribution in [-0.2, 0) is 9.53 Å². The summed E-state index contributed by atoms with van der Waals surface area (Å²) in [4.78, 5) is 25.6. The van der Waals surface area contributed by atoms with Crippen molar-refractivity contribution in [3.63, 3.8) is 0 Å². The highest BCUT2D eigenvalue weighted by Crippen LogP contribution is 3.02. The van der Waals surface area contributed by atoms with Gasteiger partial charge in [0, 0.05) is 24.1 Å². The van der Waals surface area contributed by atoms with Gasteiger partial charge in [0.2, 0.25) is 5.88 Å². The van der Waals surface area contributed by atoms with E-state index in [1.54, 1.807) is 6.92 Å². The molecule has 0 aliphatic carbocycles. The number of ether oxygens (including phenoxy) is 2. The number of aromatic nitrogens is 1. The topological polar surface area (TPSA) is 78.6 Å². The second-order valence-corrected chi connectivity index (χ2v) is 11.7. The Morgan fingerprint density at radius 2 is 1.46 bits per heavy atom. The Hall–Kier alpha value is -3.15. The van der Waals surface area contributed by atoms with Crippen LogP contribution in [0, 0.1) is 0 Å². The Balaban J connectivity index is 1.44. The summed E-state index contributed by atoms with van der Waals surface area (Å²) in [5.41, 5.74) is -0.718. The van der Waals surface area contributed by atoms with E-state index in [4.69, 9.17) is 13.9 Å². The Kier molecular flexibility index (Phi) is 9.30. The third-order valence-corrected chi connectivity index (χ3v) is 7.21. The largest absolute Gasteiger partial charge is 0.478 e. The number of unbranched alkanes of at least 4 members (excludes halogenated alkanes) is 7. The average molecular weight is 578 g/mol. The van der Waals surface area contributed by atoms with Gasteiger partial charge >= 0.3 is 21.8 Å². The highest BCUT2D eigenvalue weighted by molar-refractivity contribution is 8.45. The first-order chi connectivity index (χ1) is 18.3. The molecule has 0 amide bonds. The minimum absolute atomic E-state index is 0.00838. The molecule has 3 aromatic rings. The van der Waals surface area contributed by atoms with Crippen molar-refractivity contribution in [1.29, 1.82) is 0 Å². The summed E-state index contributed by atoms with van der Waals surface area (Å²) in [7, 11) is -9.80. The number of hydrogen-bond donors (Lipinski definition) is 0. The van der Waals surface area contributed by atoms with Crippen LogP contribution in [0.2, 0.25) is 0 Å². The van der Waals surface area contributed by atoms with Gasteiger partial charge in [0.25, 0.3) is 0 Å². The molecule has 0 atom stereocenters. The maximum Gasteiger partial charge on any atom is 0.344 e. The summed E-state index contributed by atoms with van der Waals surface area (Å²) in [6.45, 7) is 2.69. The highest BCUT2D eigenvalue weighted by atomic mass is 32.5. The fraction of sp³-hybridized carbons (Fsp3) is 0.444. The van der Waals surface area contributed by atoms with Gasteiger partial charge < -0.3 is 13.9 Å². The average Bonchev–Trinajstić information content (AvgIpc) is 2.87. The van der Waals surface area contributed by atoms with E-state index in [1.807, 2.05) is 0 Å². The smallest absolute Gasteiger partial charge is 0.344 e. The molecule has 0 aliphatic rings. The summed E-state index contributed by atoms with van der Waals surface area (Å²) in [6, 6.07) is 4.96. The van der Waals surface area contributed by atoms with Crippen molar-refractivity contribution < 1.29 is 38.1 Å². The predicted octanol–water partition coefficient (Wildman–Crippen LogP) is 8.97. The zero-order valence-corrected chi connectivity index (χ0v) is 22.4. The molecule has 0 bridgehead atoms. The second-order valence-electron chi connectivity index (χ2n) is 9.25. The Morgan fingerprint density at radius 3 is 2.05 bits per heavy atom. The van der Waals surface area contributed by atoms with Crippen LogP contribution in [0.3, 0.4) is 0 Å². The number of nitrogens with zero attached hydrogens (tertiary/aromatic N) is 1. The van der Waals surface area contributed by atoms with Crippen molar-refractivity contribution in [1.82, 2.24) is 4.98 Å². The third kappa shape index (κ3) is 9.52. The van der Waals surface area contributed by atoms with E-state index in [0.29, 0.717) is 25.0 Å². The lowest BCUT2D eigenvalue weighted by molar-refractivity contribution is -0.143. The molecular weight excluding hydrogens is 545 g/mol. The molecule has 0 saturated carbocycles. The zero-order valence-electron chi connectivity index (χ0n) is 21.6. The molecule has 1 aromatic carbocycles. The van der Waals surface area contributed by atoms with Crippen molar-refractivity contribution in [2.24, 2.45) is 0 Å². The Bertz CT molecular complexity index is 1330. The van der Waals surface area contributed by atoms with Crippen molar-refractivity contribution in [3.8, 4) is 17.0 Å². The number of fused-ring (bicyclic) bond motifs is 1. The van der Waals surface area contributed by atoms with Crippen LogP contribution in [0.5, 0.6) is 5.88 Å². The second kappa shape index (κ2) is 11.9. The first kappa shape index (κ1) is 30.4. The number of esters is 1. The fourth-order valence-electron chi connectivity index (χ4n) is 3.90. The molecule has 6 nitrogen and oxygen atoms in total. The van der Waals surface area contributed by atoms with Gasteiger partial charge in [-0.3, -0.25) is 4.79 Å². The van der Waals surface area contributed by atoms with Gasteiger partial charge in [-0.05, 0) is 36.6 Å². The molecule has 39 heavy (non-hydrogen) atoms. The third-order valence-electron chi connectivity index (χ3n) is 6.04. The number of pyridine rings is 1. The standard InChI is InChI=1S/C27H32F5NO5S/c1-2-26(34)37-16-10-8-6-4-3-5-7-9-15-36-25-18-24-21(19-33-25)17-23(27(35)38-24)20-11-13-22(14-12-20)39(28,29,30,31)32/h11-14,17-19H,2-10,15-16H2,1H3. The quantitative estimate of drug-likeness (QED) is 0.102. The first-order valence-electron chi connectivity index (χ1n) is 12.8. The lowest BCUT2D eigenvalue weighted by Gasteiger charge is -2.40. The number of halogens is 5. The minimum Gasteiger partial charge on any atom is -0.478 e. The molecule has 12 heteroatoms. The molecule has 2 heterocycles. The van der Waals surface area contributed by atoms with Crippen molar-refractivity contribution in [2.75, 3.05) is 13.2 Å². The molecule has 0 radical (unpaired) electrons. The summed E-state index contributed by atoms with van der Waals surface area (Å²) in [5, 5.41) is 0.400. The highest BCUT2D eigenvalue weighted by Gasteiger charge is 2.65. The van der Waals surface area contributed by atoms with E-state index in [9.17, 15) is 29.0 Å². The maximum atomic E-state index is 13.0. The molecule has 3 rings (SSSR count). The monoisotopic (exact) mass is 577 g/mol. The predicted molar refractivity (Wildman–Crippen MR) is 141 cm³/mol. The molecular formula is C27H32F5NO5S. The Morgan fingerprint density at radius 1 is 0.872 bits per heavy atom. The lowest BCUT2D eigenvalue weighted by atomic mass is 10.1. The van der Waals surface area contributed by atoms with Gasteiger partial charge in [-0.25, -0.2) is 9.78 Å². The summed E-state index contributed by atoms with van der Waals surface area (Å²) >= 11 is 0. The van der Waals surface area contributed by atoms with Crippen molar-refractivity contribution in [2.45, 2.75) is 69.6 Å². The van der Waals surface area contributed by atoms with E-state index >= 15 is 0 Å². The molecule has 2 aromatic heterocycles. The van der Waals surface area contributed by atoms with Crippen LogP contribution in [0.4, 0.5) is 19.4 Å². The van der Waals surface area contributed by atoms with E-state index in [0.717, 1.165) is 63.5 Å². The van der Waals surface area contributed by atoms with Crippen molar-refractivity contribution >= 4 is 27.2 Å². The SMILES string of the molecule is CCC(=O)OCCCCCCCCCCOc1cc2oc(=O)c(-c3ccc(S(F)(F)(F)(F)F)cc3)cc2cn1. The van der Waals surface area contributed by atoms with E-state index in [1.165, 1.54) is 18.3 Å². The zero-order chi connectivity index (χ0) is 28.6. The first-order valence-corrected chi connectivity index (χ1v) is 14.8. The van der Waals surface area contributed by atoms with Gasteiger partial charge in [0.15, 0.2) is 0 Å². The van der Waals surface area contributed by atoms with E-state index in [-0.39, 0.29) is 40.7 Å². The minimum atomic E-state index is -9.80. The van der Waals surface area contributed by atoms with Crippen LogP contribution < -0.4 is 10.4 Å². The molecule has 0 N–H and O–H groups in total. The van der Waals surface area contributed by atoms with E-state index < -0.39 is 20.7 Å². The van der Waals surface area contributed by atoms with Crippen LogP contribution in [0.15, 0.2) is 56.7 Å². The number of hydrogen-bond acceptors (Lipinski definition) is 6. The number of carbonyl (C=O) groups excluding carboxylic acids is 1. The molecule has 0 aliphatic heterocycles. The van der Waals surface area contributed by atoms with Crippen molar-refractivity contribution in [3.05, 3.63) is 53.0 Å². The molecule has 0 saturated heterocycles. The number of rotatable bonds is 15. The number of carbonyl (C=O) groups is 1. The number of benzene rings is 1. The fourth-order valence-corrected chi connectivity index (χ4v) is 4.55.